The molecule has 4 rings (SSSR count). The number of fused-ring (bicyclic) bond motifs is 2. The zero-order valence-corrected chi connectivity index (χ0v) is 13.9. The molecule has 0 fully saturated rings. The van der Waals surface area contributed by atoms with Gasteiger partial charge < -0.3 is 19.9 Å². The first-order chi connectivity index (χ1) is 12.0. The first-order valence-electron chi connectivity index (χ1n) is 8.00. The van der Waals surface area contributed by atoms with Crippen LogP contribution in [0.15, 0.2) is 48.7 Å². The number of anilines is 2. The highest BCUT2D eigenvalue weighted by Crippen LogP contribution is 2.32. The van der Waals surface area contributed by atoms with Crippen LogP contribution in [0, 0.1) is 0 Å². The number of benzene rings is 2. The standard InChI is InChI=1S/C19H17N3O3/c1-11-18(23)21-15-9-12(7-8-17(15)25-11)20-19(24)14-10-22(2)16-6-4-3-5-13(14)16/h3-11H,1-2H3,(H,20,24)(H,21,23)/t11-/m0/s1. The van der Waals surface area contributed by atoms with Gasteiger partial charge in [0.2, 0.25) is 0 Å². The monoisotopic (exact) mass is 335 g/mol. The summed E-state index contributed by atoms with van der Waals surface area (Å²) in [6.07, 6.45) is 1.29. The average Bonchev–Trinajstić information content (AvgIpc) is 2.94. The average molecular weight is 335 g/mol. The van der Waals surface area contributed by atoms with Gasteiger partial charge in [-0.1, -0.05) is 18.2 Å². The third-order valence-electron chi connectivity index (χ3n) is 4.31. The number of carbonyl (C=O) groups excluding carboxylic acids is 2. The van der Waals surface area contributed by atoms with Gasteiger partial charge >= 0.3 is 0 Å². The van der Waals surface area contributed by atoms with Crippen LogP contribution in [0.25, 0.3) is 10.9 Å². The van der Waals surface area contributed by atoms with Crippen LogP contribution in [0.2, 0.25) is 0 Å². The van der Waals surface area contributed by atoms with Crippen molar-refractivity contribution in [2.45, 2.75) is 13.0 Å². The van der Waals surface area contributed by atoms with Gasteiger partial charge in [-0.15, -0.1) is 0 Å². The second-order valence-electron chi connectivity index (χ2n) is 6.09. The molecule has 0 radical (unpaired) electrons. The van der Waals surface area contributed by atoms with E-state index in [-0.39, 0.29) is 11.8 Å². The van der Waals surface area contributed by atoms with Crippen molar-refractivity contribution in [2.75, 3.05) is 10.6 Å². The summed E-state index contributed by atoms with van der Waals surface area (Å²) in [5.74, 6) is 0.188. The molecular weight excluding hydrogens is 318 g/mol. The number of amides is 2. The summed E-state index contributed by atoms with van der Waals surface area (Å²) in [7, 11) is 1.91. The Labute approximate surface area is 144 Å². The maximum absolute atomic E-state index is 12.7. The summed E-state index contributed by atoms with van der Waals surface area (Å²) in [4.78, 5) is 24.4. The number of aromatic nitrogens is 1. The summed E-state index contributed by atoms with van der Waals surface area (Å²) >= 11 is 0. The lowest BCUT2D eigenvalue weighted by Crippen LogP contribution is -2.34. The molecule has 126 valence electrons. The van der Waals surface area contributed by atoms with Crippen LogP contribution in [0.4, 0.5) is 11.4 Å². The van der Waals surface area contributed by atoms with E-state index in [0.29, 0.717) is 22.7 Å². The number of para-hydroxylation sites is 1. The highest BCUT2D eigenvalue weighted by molar-refractivity contribution is 6.13. The Morgan fingerprint density at radius 2 is 2.04 bits per heavy atom. The Balaban J connectivity index is 1.63. The number of carbonyl (C=O) groups is 2. The van der Waals surface area contributed by atoms with E-state index in [2.05, 4.69) is 10.6 Å². The molecule has 6 heteroatoms. The molecular formula is C19H17N3O3. The van der Waals surface area contributed by atoms with Gasteiger partial charge in [0.1, 0.15) is 5.75 Å². The molecule has 2 aromatic carbocycles. The predicted octanol–water partition coefficient (Wildman–Crippen LogP) is 3.15. The number of rotatable bonds is 2. The van der Waals surface area contributed by atoms with Gasteiger partial charge in [0.05, 0.1) is 11.3 Å². The van der Waals surface area contributed by atoms with Crippen LogP contribution in [-0.4, -0.2) is 22.5 Å². The summed E-state index contributed by atoms with van der Waals surface area (Å²) in [6.45, 7) is 1.69. The molecule has 0 saturated carbocycles. The van der Waals surface area contributed by atoms with Crippen LogP contribution >= 0.6 is 0 Å². The van der Waals surface area contributed by atoms with E-state index in [9.17, 15) is 9.59 Å². The Hall–Kier alpha value is -3.28. The van der Waals surface area contributed by atoms with Gasteiger partial charge in [-0.2, -0.15) is 0 Å². The molecule has 1 aromatic heterocycles. The third-order valence-corrected chi connectivity index (χ3v) is 4.31. The minimum atomic E-state index is -0.524. The summed E-state index contributed by atoms with van der Waals surface area (Å²) in [6, 6.07) is 12.9. The fourth-order valence-corrected chi connectivity index (χ4v) is 3.01. The van der Waals surface area contributed by atoms with Crippen LogP contribution < -0.4 is 15.4 Å². The summed E-state index contributed by atoms with van der Waals surface area (Å²) in [5, 5.41) is 6.55. The van der Waals surface area contributed by atoms with Gasteiger partial charge in [-0.25, -0.2) is 0 Å². The van der Waals surface area contributed by atoms with Crippen molar-refractivity contribution in [3.8, 4) is 5.75 Å². The number of hydrogen-bond donors (Lipinski definition) is 2. The van der Waals surface area contributed by atoms with Gasteiger partial charge in [0, 0.05) is 29.8 Å². The van der Waals surface area contributed by atoms with Crippen LogP contribution in [-0.2, 0) is 11.8 Å². The lowest BCUT2D eigenvalue weighted by atomic mass is 10.1. The van der Waals surface area contributed by atoms with Gasteiger partial charge in [-0.05, 0) is 31.2 Å². The molecule has 25 heavy (non-hydrogen) atoms. The molecule has 0 unspecified atom stereocenters. The molecule has 3 aromatic rings. The van der Waals surface area contributed by atoms with Crippen molar-refractivity contribution in [3.63, 3.8) is 0 Å². The summed E-state index contributed by atoms with van der Waals surface area (Å²) < 4.78 is 7.44. The van der Waals surface area contributed by atoms with Gasteiger partial charge in [0.25, 0.3) is 11.8 Å². The Bertz CT molecular complexity index is 1010. The SMILES string of the molecule is C[C@@H]1Oc2ccc(NC(=O)c3cn(C)c4ccccc34)cc2NC1=O. The van der Waals surface area contributed by atoms with E-state index in [4.69, 9.17) is 4.74 Å². The lowest BCUT2D eigenvalue weighted by molar-refractivity contribution is -0.122. The van der Waals surface area contributed by atoms with Gasteiger partial charge in [-0.3, -0.25) is 9.59 Å². The highest BCUT2D eigenvalue weighted by Gasteiger charge is 2.24. The van der Waals surface area contributed by atoms with Crippen molar-refractivity contribution in [1.82, 2.24) is 4.57 Å². The quantitative estimate of drug-likeness (QED) is 0.756. The van der Waals surface area contributed by atoms with E-state index >= 15 is 0 Å². The maximum atomic E-state index is 12.7. The second-order valence-corrected chi connectivity index (χ2v) is 6.09. The fourth-order valence-electron chi connectivity index (χ4n) is 3.01. The largest absolute Gasteiger partial charge is 0.479 e. The van der Waals surface area contributed by atoms with E-state index in [1.54, 1.807) is 25.1 Å². The Morgan fingerprint density at radius 3 is 2.88 bits per heavy atom. The maximum Gasteiger partial charge on any atom is 0.265 e. The van der Waals surface area contributed by atoms with Gasteiger partial charge in [0.15, 0.2) is 6.10 Å². The zero-order valence-electron chi connectivity index (χ0n) is 13.9. The minimum absolute atomic E-state index is 0.201. The molecule has 1 atom stereocenters. The third kappa shape index (κ3) is 2.61. The number of hydrogen-bond acceptors (Lipinski definition) is 3. The molecule has 2 heterocycles. The van der Waals surface area contributed by atoms with Crippen molar-refractivity contribution in [2.24, 2.45) is 7.05 Å². The first-order valence-corrected chi connectivity index (χ1v) is 8.00. The number of nitrogens with one attached hydrogen (secondary N) is 2. The van der Waals surface area contributed by atoms with Crippen LogP contribution in [0.3, 0.4) is 0 Å². The first kappa shape index (κ1) is 15.3. The van der Waals surface area contributed by atoms with Crippen LogP contribution in [0.1, 0.15) is 17.3 Å². The molecule has 0 spiro atoms. The fraction of sp³-hybridized carbons (Fsp3) is 0.158. The summed E-state index contributed by atoms with van der Waals surface area (Å²) in [5.41, 5.74) is 2.74. The molecule has 2 N–H and O–H groups in total. The van der Waals surface area contributed by atoms with Crippen molar-refractivity contribution in [3.05, 3.63) is 54.2 Å². The van der Waals surface area contributed by atoms with E-state index in [1.165, 1.54) is 0 Å². The topological polar surface area (TPSA) is 72.4 Å². The molecule has 2 amide bonds. The molecule has 1 aliphatic rings. The van der Waals surface area contributed by atoms with Crippen molar-refractivity contribution >= 4 is 34.1 Å². The van der Waals surface area contributed by atoms with Crippen LogP contribution in [0.5, 0.6) is 5.75 Å². The molecule has 0 bridgehead atoms. The smallest absolute Gasteiger partial charge is 0.265 e. The molecule has 1 aliphatic heterocycles. The Morgan fingerprint density at radius 1 is 1.24 bits per heavy atom. The minimum Gasteiger partial charge on any atom is -0.479 e. The lowest BCUT2D eigenvalue weighted by Gasteiger charge is -2.23. The number of aryl methyl sites for hydroxylation is 1. The molecule has 6 nitrogen and oxygen atoms in total. The normalized spacial score (nSPS) is 16.1. The molecule has 0 aliphatic carbocycles. The van der Waals surface area contributed by atoms with E-state index < -0.39 is 6.10 Å². The van der Waals surface area contributed by atoms with Crippen molar-refractivity contribution < 1.29 is 14.3 Å². The number of ether oxygens (including phenoxy) is 1. The molecule has 0 saturated heterocycles. The van der Waals surface area contributed by atoms with E-state index in [0.717, 1.165) is 10.9 Å². The number of nitrogens with zero attached hydrogens (tertiary/aromatic N) is 1. The Kier molecular flexibility index (Phi) is 3.46. The predicted molar refractivity (Wildman–Crippen MR) is 96.0 cm³/mol. The second kappa shape index (κ2) is 5.66. The van der Waals surface area contributed by atoms with Crippen molar-refractivity contribution in [1.29, 1.82) is 0 Å². The highest BCUT2D eigenvalue weighted by atomic mass is 16.5. The zero-order chi connectivity index (χ0) is 17.6. The van der Waals surface area contributed by atoms with E-state index in [1.807, 2.05) is 42.1 Å².